The number of methoxy groups -OCH3 is 1. The van der Waals surface area contributed by atoms with Crippen LogP contribution in [0.25, 0.3) is 0 Å². The minimum atomic E-state index is -0.967. The predicted octanol–water partition coefficient (Wildman–Crippen LogP) is 3.92. The number of ether oxygens (including phenoxy) is 2. The van der Waals surface area contributed by atoms with Crippen LogP contribution in [0.1, 0.15) is 53.9 Å². The molecule has 7 nitrogen and oxygen atoms in total. The third-order valence-electron chi connectivity index (χ3n) is 7.20. The van der Waals surface area contributed by atoms with Crippen molar-refractivity contribution in [1.29, 1.82) is 0 Å². The first-order valence-electron chi connectivity index (χ1n) is 11.6. The van der Waals surface area contributed by atoms with E-state index in [1.807, 2.05) is 26.0 Å². The van der Waals surface area contributed by atoms with Gasteiger partial charge in [0, 0.05) is 23.5 Å². The van der Waals surface area contributed by atoms with Crippen molar-refractivity contribution >= 4 is 17.7 Å². The number of aliphatic hydroxyl groups excluding tert-OH is 2. The Kier molecular flexibility index (Phi) is 9.06. The Morgan fingerprint density at radius 3 is 2.48 bits per heavy atom. The summed E-state index contributed by atoms with van der Waals surface area (Å²) in [5, 5.41) is 20.4. The second-order valence-corrected chi connectivity index (χ2v) is 10.1. The van der Waals surface area contributed by atoms with Gasteiger partial charge in [-0.15, -0.1) is 0 Å². The third kappa shape index (κ3) is 5.94. The third-order valence-corrected chi connectivity index (χ3v) is 7.20. The molecule has 2 rings (SSSR count). The first kappa shape index (κ1) is 26.8. The Morgan fingerprint density at radius 1 is 1.24 bits per heavy atom. The first-order chi connectivity index (χ1) is 15.4. The van der Waals surface area contributed by atoms with E-state index in [0.29, 0.717) is 17.9 Å². The summed E-state index contributed by atoms with van der Waals surface area (Å²) in [7, 11) is 1.28. The summed E-state index contributed by atoms with van der Waals surface area (Å²) in [4.78, 5) is 37.0. The highest BCUT2D eigenvalue weighted by Crippen LogP contribution is 2.55. The number of allylic oxidation sites excluding steroid dienone is 2. The minimum Gasteiger partial charge on any atom is -0.515 e. The quantitative estimate of drug-likeness (QED) is 0.243. The number of hydrogen-bond acceptors (Lipinski definition) is 7. The highest BCUT2D eigenvalue weighted by molar-refractivity contribution is 5.95. The second-order valence-electron chi connectivity index (χ2n) is 10.1. The van der Waals surface area contributed by atoms with E-state index < -0.39 is 29.6 Å². The molecule has 184 valence electrons. The van der Waals surface area contributed by atoms with E-state index in [-0.39, 0.29) is 35.9 Å². The van der Waals surface area contributed by atoms with E-state index in [0.717, 1.165) is 12.7 Å². The molecule has 7 atom stereocenters. The van der Waals surface area contributed by atoms with Crippen molar-refractivity contribution in [3.05, 3.63) is 36.1 Å². The predicted molar refractivity (Wildman–Crippen MR) is 124 cm³/mol. The van der Waals surface area contributed by atoms with E-state index in [4.69, 9.17) is 4.74 Å². The summed E-state index contributed by atoms with van der Waals surface area (Å²) < 4.78 is 10.2. The van der Waals surface area contributed by atoms with Gasteiger partial charge in [-0.05, 0) is 43.4 Å². The van der Waals surface area contributed by atoms with Crippen molar-refractivity contribution in [2.45, 2.75) is 66.1 Å². The van der Waals surface area contributed by atoms with Crippen LogP contribution < -0.4 is 0 Å². The maximum atomic E-state index is 13.2. The molecular formula is C26H38O7. The molecule has 0 bridgehead atoms. The molecule has 0 unspecified atom stereocenters. The SMILES string of the molecule is COC(=O)C/C(C)=C/C(=O)O[C@@H]1C[C@@H](C)[C@H]2[C@@H](C=C[C@H](CC(C)C)[C@]2(C)C(=O)/C=C\O)[C@@H]1O. The molecule has 2 aliphatic rings. The van der Waals surface area contributed by atoms with Crippen LogP contribution in [0.2, 0.25) is 0 Å². The van der Waals surface area contributed by atoms with Crippen LogP contribution in [0.3, 0.4) is 0 Å². The Morgan fingerprint density at radius 2 is 1.91 bits per heavy atom. The number of esters is 2. The van der Waals surface area contributed by atoms with Gasteiger partial charge < -0.3 is 19.7 Å². The maximum absolute atomic E-state index is 13.2. The van der Waals surface area contributed by atoms with Gasteiger partial charge in [-0.3, -0.25) is 9.59 Å². The van der Waals surface area contributed by atoms with E-state index in [1.54, 1.807) is 6.92 Å². The zero-order chi connectivity index (χ0) is 24.9. The number of aliphatic hydroxyl groups is 2. The fourth-order valence-electron chi connectivity index (χ4n) is 5.70. The van der Waals surface area contributed by atoms with Gasteiger partial charge in [-0.2, -0.15) is 0 Å². The average molecular weight is 463 g/mol. The summed E-state index contributed by atoms with van der Waals surface area (Å²) in [6.45, 7) is 9.80. The molecular weight excluding hydrogens is 424 g/mol. The molecule has 0 radical (unpaired) electrons. The van der Waals surface area contributed by atoms with Crippen LogP contribution >= 0.6 is 0 Å². The van der Waals surface area contributed by atoms with Crippen molar-refractivity contribution in [2.24, 2.45) is 35.0 Å². The molecule has 0 spiro atoms. The second kappa shape index (κ2) is 11.1. The molecule has 0 aromatic heterocycles. The topological polar surface area (TPSA) is 110 Å². The lowest BCUT2D eigenvalue weighted by Crippen LogP contribution is -2.57. The van der Waals surface area contributed by atoms with Gasteiger partial charge in [0.1, 0.15) is 6.10 Å². The summed E-state index contributed by atoms with van der Waals surface area (Å²) in [6, 6.07) is 0. The van der Waals surface area contributed by atoms with E-state index >= 15 is 0 Å². The molecule has 2 aliphatic carbocycles. The fraction of sp³-hybridized carbons (Fsp3) is 0.654. The lowest BCUT2D eigenvalue weighted by molar-refractivity contribution is -0.169. The van der Waals surface area contributed by atoms with Gasteiger partial charge in [0.15, 0.2) is 5.78 Å². The van der Waals surface area contributed by atoms with Crippen molar-refractivity contribution in [3.8, 4) is 0 Å². The smallest absolute Gasteiger partial charge is 0.331 e. The van der Waals surface area contributed by atoms with Gasteiger partial charge >= 0.3 is 11.9 Å². The summed E-state index contributed by atoms with van der Waals surface area (Å²) in [5.41, 5.74) is -0.291. The van der Waals surface area contributed by atoms with Crippen LogP contribution in [0.5, 0.6) is 0 Å². The van der Waals surface area contributed by atoms with Crippen LogP contribution in [-0.2, 0) is 23.9 Å². The lowest BCUT2D eigenvalue weighted by Gasteiger charge is -2.54. The summed E-state index contributed by atoms with van der Waals surface area (Å²) in [5.74, 6) is -1.44. The number of hydrogen-bond donors (Lipinski definition) is 2. The molecule has 1 fully saturated rings. The summed E-state index contributed by atoms with van der Waals surface area (Å²) >= 11 is 0. The van der Waals surface area contributed by atoms with Crippen LogP contribution in [0.15, 0.2) is 36.1 Å². The van der Waals surface area contributed by atoms with Gasteiger partial charge in [-0.25, -0.2) is 4.79 Å². The largest absolute Gasteiger partial charge is 0.515 e. The number of rotatable bonds is 8. The molecule has 0 saturated heterocycles. The molecule has 0 amide bonds. The summed E-state index contributed by atoms with van der Waals surface area (Å²) in [6.07, 6.45) is 6.72. The highest BCUT2D eigenvalue weighted by atomic mass is 16.6. The Balaban J connectivity index is 2.29. The van der Waals surface area contributed by atoms with Crippen LogP contribution in [0, 0.1) is 35.0 Å². The minimum absolute atomic E-state index is 0.0151. The number of carbonyl (C=O) groups excluding carboxylic acids is 3. The molecule has 7 heteroatoms. The first-order valence-corrected chi connectivity index (χ1v) is 11.6. The standard InChI is InChI=1S/C26H38O7/c1-15(2)11-18-7-8-19-24(26(18,5)21(28)9-10-27)17(4)14-20(25(19)31)33-23(30)13-16(3)12-22(29)32-6/h7-10,13,15,17-20,24-25,27,31H,11-12,14H2,1-6H3/b10-9-,16-13+/t17-,18-,19-,20-,24+,25+,26-/m1/s1. The van der Waals surface area contributed by atoms with Gasteiger partial charge in [0.25, 0.3) is 0 Å². The highest BCUT2D eigenvalue weighted by Gasteiger charge is 2.57. The number of carbonyl (C=O) groups is 3. The van der Waals surface area contributed by atoms with Gasteiger partial charge in [-0.1, -0.05) is 45.4 Å². The molecule has 33 heavy (non-hydrogen) atoms. The molecule has 2 N–H and O–H groups in total. The van der Waals surface area contributed by atoms with E-state index in [2.05, 4.69) is 18.6 Å². The Hall–Kier alpha value is -2.41. The molecule has 0 aliphatic heterocycles. The van der Waals surface area contributed by atoms with Crippen molar-refractivity contribution in [2.75, 3.05) is 7.11 Å². The lowest BCUT2D eigenvalue weighted by atomic mass is 9.50. The average Bonchev–Trinajstić information content (AvgIpc) is 2.72. The number of ketones is 1. The number of fused-ring (bicyclic) bond motifs is 1. The van der Waals surface area contributed by atoms with Crippen molar-refractivity contribution in [1.82, 2.24) is 0 Å². The fourth-order valence-corrected chi connectivity index (χ4v) is 5.70. The van der Waals surface area contributed by atoms with Crippen molar-refractivity contribution in [3.63, 3.8) is 0 Å². The Bertz CT molecular complexity index is 824. The zero-order valence-electron chi connectivity index (χ0n) is 20.5. The van der Waals surface area contributed by atoms with Crippen molar-refractivity contribution < 1.29 is 34.1 Å². The molecule has 0 aromatic rings. The van der Waals surface area contributed by atoms with Crippen LogP contribution in [0.4, 0.5) is 0 Å². The molecule has 0 aromatic carbocycles. The monoisotopic (exact) mass is 462 g/mol. The maximum Gasteiger partial charge on any atom is 0.331 e. The van der Waals surface area contributed by atoms with Gasteiger partial charge in [0.05, 0.1) is 25.9 Å². The zero-order valence-corrected chi connectivity index (χ0v) is 20.5. The van der Waals surface area contributed by atoms with E-state index in [1.165, 1.54) is 19.3 Å². The van der Waals surface area contributed by atoms with Gasteiger partial charge in [0.2, 0.25) is 0 Å². The normalized spacial score (nSPS) is 34.2. The van der Waals surface area contributed by atoms with E-state index in [9.17, 15) is 24.6 Å². The molecule has 0 heterocycles. The van der Waals surface area contributed by atoms with Crippen LogP contribution in [-0.4, -0.2) is 47.3 Å². The molecule has 1 saturated carbocycles. The Labute approximate surface area is 196 Å².